The van der Waals surface area contributed by atoms with Crippen LogP contribution >= 0.6 is 0 Å². The minimum atomic E-state index is -0.514. The maximum atomic E-state index is 13.6. The number of fused-ring (bicyclic) bond motifs is 1. The summed E-state index contributed by atoms with van der Waals surface area (Å²) < 4.78 is 11.4. The van der Waals surface area contributed by atoms with Crippen molar-refractivity contribution in [1.29, 1.82) is 0 Å². The summed E-state index contributed by atoms with van der Waals surface area (Å²) >= 11 is 0. The van der Waals surface area contributed by atoms with E-state index in [4.69, 9.17) is 9.15 Å². The molecule has 0 aliphatic heterocycles. The van der Waals surface area contributed by atoms with Crippen LogP contribution in [0.2, 0.25) is 0 Å². The molecule has 5 rings (SSSR count). The molecule has 1 aromatic heterocycles. The number of carbonyl (C=O) groups is 1. The fraction of sp³-hybridized carbons (Fsp3) is 0.231. The Bertz CT molecular complexity index is 1190. The average molecular weight is 412 g/mol. The van der Waals surface area contributed by atoms with Gasteiger partial charge in [0.2, 0.25) is 11.8 Å². The Balaban J connectivity index is 1.50. The number of hydrogen-bond acceptors (Lipinski definition) is 4. The Kier molecular flexibility index (Phi) is 4.94. The van der Waals surface area contributed by atoms with Crippen LogP contribution in [-0.2, 0) is 10.2 Å². The minimum absolute atomic E-state index is 0.00390. The Labute approximate surface area is 181 Å². The molecular formula is C26H24N2O3. The number of nitrogens with one attached hydrogen (secondary N) is 1. The number of hydrogen-bond donors (Lipinski definition) is 1. The number of anilines is 1. The predicted molar refractivity (Wildman–Crippen MR) is 121 cm³/mol. The van der Waals surface area contributed by atoms with Crippen LogP contribution in [0.25, 0.3) is 22.6 Å². The lowest BCUT2D eigenvalue weighted by atomic mass is 9.78. The highest BCUT2D eigenvalue weighted by Gasteiger charge is 2.42. The lowest BCUT2D eigenvalue weighted by Crippen LogP contribution is -2.38. The molecule has 0 spiro atoms. The summed E-state index contributed by atoms with van der Waals surface area (Å²) in [6, 6.07) is 23.3. The Morgan fingerprint density at radius 3 is 2.48 bits per heavy atom. The Hall–Kier alpha value is -3.60. The third-order valence-electron chi connectivity index (χ3n) is 6.21. The molecule has 1 fully saturated rings. The van der Waals surface area contributed by atoms with Gasteiger partial charge in [0.25, 0.3) is 0 Å². The number of oxazole rings is 1. The van der Waals surface area contributed by atoms with Crippen LogP contribution in [0.4, 0.5) is 5.69 Å². The molecule has 1 saturated carbocycles. The molecule has 0 bridgehead atoms. The topological polar surface area (TPSA) is 64.4 Å². The number of benzene rings is 3. The van der Waals surface area contributed by atoms with Gasteiger partial charge in [-0.25, -0.2) is 4.98 Å². The molecule has 0 radical (unpaired) electrons. The summed E-state index contributed by atoms with van der Waals surface area (Å²) in [5, 5.41) is 3.15. The highest BCUT2D eigenvalue weighted by atomic mass is 16.5. The molecule has 1 aliphatic carbocycles. The van der Waals surface area contributed by atoms with Gasteiger partial charge in [-0.1, -0.05) is 55.3 Å². The van der Waals surface area contributed by atoms with Gasteiger partial charge >= 0.3 is 0 Å². The van der Waals surface area contributed by atoms with Crippen molar-refractivity contribution >= 4 is 22.7 Å². The number of rotatable bonds is 5. The standard InChI is InChI=1S/C26H24N2O3/c1-30-22-14-13-18(24-27-20-11-5-6-12-23(20)31-24)17-21(22)28-25(29)26(15-7-8-16-26)19-9-3-2-4-10-19/h2-6,9-14,17H,7-8,15-16H2,1H3,(H,28,29). The van der Waals surface area contributed by atoms with Crippen LogP contribution in [0.1, 0.15) is 31.2 Å². The second kappa shape index (κ2) is 7.91. The average Bonchev–Trinajstić information content (AvgIpc) is 3.48. The van der Waals surface area contributed by atoms with E-state index in [1.165, 1.54) is 0 Å². The second-order valence-electron chi connectivity index (χ2n) is 8.01. The summed E-state index contributed by atoms with van der Waals surface area (Å²) in [6.07, 6.45) is 3.77. The van der Waals surface area contributed by atoms with Crippen molar-refractivity contribution in [2.45, 2.75) is 31.1 Å². The van der Waals surface area contributed by atoms with Crippen molar-refractivity contribution in [2.24, 2.45) is 0 Å². The maximum absolute atomic E-state index is 13.6. The molecule has 1 aliphatic rings. The van der Waals surface area contributed by atoms with E-state index in [0.717, 1.165) is 47.9 Å². The molecule has 0 unspecified atom stereocenters. The van der Waals surface area contributed by atoms with Crippen molar-refractivity contribution in [1.82, 2.24) is 4.98 Å². The molecule has 5 nitrogen and oxygen atoms in total. The van der Waals surface area contributed by atoms with Crippen molar-refractivity contribution < 1.29 is 13.9 Å². The van der Waals surface area contributed by atoms with E-state index < -0.39 is 5.41 Å². The number of amides is 1. The van der Waals surface area contributed by atoms with Gasteiger partial charge in [-0.3, -0.25) is 4.79 Å². The van der Waals surface area contributed by atoms with Gasteiger partial charge in [0.1, 0.15) is 11.3 Å². The SMILES string of the molecule is COc1ccc(-c2nc3ccccc3o2)cc1NC(=O)C1(c2ccccc2)CCCC1. The van der Waals surface area contributed by atoms with E-state index in [1.807, 2.05) is 60.7 Å². The van der Waals surface area contributed by atoms with Crippen LogP contribution in [-0.4, -0.2) is 18.0 Å². The highest BCUT2D eigenvalue weighted by molar-refractivity contribution is 6.01. The summed E-state index contributed by atoms with van der Waals surface area (Å²) in [4.78, 5) is 18.2. The quantitative estimate of drug-likeness (QED) is 0.440. The summed E-state index contributed by atoms with van der Waals surface area (Å²) in [7, 11) is 1.60. The molecule has 1 N–H and O–H groups in total. The van der Waals surface area contributed by atoms with Crippen LogP contribution in [0.15, 0.2) is 77.2 Å². The number of carbonyl (C=O) groups excluding carboxylic acids is 1. The van der Waals surface area contributed by atoms with Gasteiger partial charge in [0, 0.05) is 5.56 Å². The van der Waals surface area contributed by atoms with Gasteiger partial charge in [-0.05, 0) is 48.7 Å². The van der Waals surface area contributed by atoms with Gasteiger partial charge < -0.3 is 14.5 Å². The molecule has 5 heteroatoms. The molecular weight excluding hydrogens is 388 g/mol. The van der Waals surface area contributed by atoms with Gasteiger partial charge in [0.05, 0.1) is 18.2 Å². The van der Waals surface area contributed by atoms with E-state index in [0.29, 0.717) is 17.3 Å². The molecule has 156 valence electrons. The number of methoxy groups -OCH3 is 1. The zero-order chi connectivity index (χ0) is 21.3. The molecule has 1 amide bonds. The van der Waals surface area contributed by atoms with Gasteiger partial charge in [-0.2, -0.15) is 0 Å². The zero-order valence-corrected chi connectivity index (χ0v) is 17.4. The number of para-hydroxylation sites is 2. The molecule has 1 heterocycles. The molecule has 0 atom stereocenters. The lowest BCUT2D eigenvalue weighted by Gasteiger charge is -2.28. The first-order chi connectivity index (χ1) is 15.2. The predicted octanol–water partition coefficient (Wildman–Crippen LogP) is 5.95. The molecule has 31 heavy (non-hydrogen) atoms. The summed E-state index contributed by atoms with van der Waals surface area (Å²) in [5.41, 5.74) is 3.49. The third kappa shape index (κ3) is 3.46. The molecule has 3 aromatic carbocycles. The maximum Gasteiger partial charge on any atom is 0.235 e. The first-order valence-corrected chi connectivity index (χ1v) is 10.6. The van der Waals surface area contributed by atoms with Gasteiger partial charge in [0.15, 0.2) is 5.58 Å². The Morgan fingerprint density at radius 2 is 1.74 bits per heavy atom. The van der Waals surface area contributed by atoms with Crippen molar-refractivity contribution in [3.05, 3.63) is 78.4 Å². The third-order valence-corrected chi connectivity index (χ3v) is 6.21. The number of ether oxygens (including phenoxy) is 1. The lowest BCUT2D eigenvalue weighted by molar-refractivity contribution is -0.121. The second-order valence-corrected chi connectivity index (χ2v) is 8.01. The van der Waals surface area contributed by atoms with Crippen molar-refractivity contribution in [3.8, 4) is 17.2 Å². The van der Waals surface area contributed by atoms with Crippen LogP contribution in [0.3, 0.4) is 0 Å². The summed E-state index contributed by atoms with van der Waals surface area (Å²) in [5.74, 6) is 1.12. The largest absolute Gasteiger partial charge is 0.495 e. The van der Waals surface area contributed by atoms with Crippen molar-refractivity contribution in [2.75, 3.05) is 12.4 Å². The van der Waals surface area contributed by atoms with Crippen LogP contribution in [0.5, 0.6) is 5.75 Å². The molecule has 4 aromatic rings. The Morgan fingerprint density at radius 1 is 1.00 bits per heavy atom. The normalized spacial score (nSPS) is 15.1. The van der Waals surface area contributed by atoms with E-state index in [2.05, 4.69) is 22.4 Å². The van der Waals surface area contributed by atoms with Crippen LogP contribution in [0, 0.1) is 0 Å². The van der Waals surface area contributed by atoms with E-state index in [-0.39, 0.29) is 5.91 Å². The van der Waals surface area contributed by atoms with Gasteiger partial charge in [-0.15, -0.1) is 0 Å². The first-order valence-electron chi connectivity index (χ1n) is 10.6. The van der Waals surface area contributed by atoms with E-state index in [1.54, 1.807) is 7.11 Å². The fourth-order valence-corrected chi connectivity index (χ4v) is 4.56. The molecule has 0 saturated heterocycles. The highest BCUT2D eigenvalue weighted by Crippen LogP contribution is 2.43. The van der Waals surface area contributed by atoms with E-state index in [9.17, 15) is 4.79 Å². The first kappa shape index (κ1) is 19.4. The van der Waals surface area contributed by atoms with Crippen LogP contribution < -0.4 is 10.1 Å². The zero-order valence-electron chi connectivity index (χ0n) is 17.4. The smallest absolute Gasteiger partial charge is 0.235 e. The summed E-state index contributed by atoms with van der Waals surface area (Å²) in [6.45, 7) is 0. The fourth-order valence-electron chi connectivity index (χ4n) is 4.56. The number of nitrogens with zero attached hydrogens (tertiary/aromatic N) is 1. The number of aromatic nitrogens is 1. The van der Waals surface area contributed by atoms with Crippen molar-refractivity contribution in [3.63, 3.8) is 0 Å². The minimum Gasteiger partial charge on any atom is -0.495 e. The van der Waals surface area contributed by atoms with E-state index >= 15 is 0 Å². The monoisotopic (exact) mass is 412 g/mol.